The average Bonchev–Trinajstić information content (AvgIpc) is 3.63. The Kier molecular flexibility index (Phi) is 11.6. The lowest BCUT2D eigenvalue weighted by atomic mass is 10.1. The number of rotatable bonds is 15. The third-order valence-corrected chi connectivity index (χ3v) is 8.68. The van der Waals surface area contributed by atoms with Crippen LogP contribution in [0.5, 0.6) is 0 Å². The minimum Gasteiger partial charge on any atom is -0.467 e. The highest BCUT2D eigenvalue weighted by atomic mass is 32.2. The Morgan fingerprint density at radius 3 is 2.06 bits per heavy atom. The summed E-state index contributed by atoms with van der Waals surface area (Å²) < 4.78 is 6.83. The van der Waals surface area contributed by atoms with Crippen molar-refractivity contribution in [2.75, 3.05) is 0 Å². The van der Waals surface area contributed by atoms with E-state index >= 15 is 0 Å². The lowest BCUT2D eigenvalue weighted by molar-refractivity contribution is -0.128. The van der Waals surface area contributed by atoms with Crippen LogP contribution in [0.1, 0.15) is 53.4 Å². The highest BCUT2D eigenvalue weighted by Crippen LogP contribution is 2.25. The van der Waals surface area contributed by atoms with Gasteiger partial charge in [-0.1, -0.05) is 92.2 Å². The van der Waals surface area contributed by atoms with Gasteiger partial charge >= 0.3 is 0 Å². The van der Waals surface area contributed by atoms with Crippen molar-refractivity contribution < 1.29 is 18.8 Å². The highest BCUT2D eigenvalue weighted by Gasteiger charge is 2.30. The molecule has 0 aliphatic heterocycles. The number of nitrogens with zero attached hydrogens (tertiary/aromatic N) is 2. The maximum absolute atomic E-state index is 13.8. The SMILES string of the molecule is CCCCCn1c(SC(C(=O)NCc2ccccc2)C(=O)NCc2ccccc2)nc2cc(C(=O)NCc3ccco3)ccc2c1=O. The molecule has 0 fully saturated rings. The van der Waals surface area contributed by atoms with Crippen molar-refractivity contribution in [3.05, 3.63) is 130 Å². The smallest absolute Gasteiger partial charge is 0.262 e. The van der Waals surface area contributed by atoms with Crippen LogP contribution in [0.3, 0.4) is 0 Å². The van der Waals surface area contributed by atoms with Gasteiger partial charge in [0.15, 0.2) is 10.4 Å². The molecule has 2 heterocycles. The largest absolute Gasteiger partial charge is 0.467 e. The van der Waals surface area contributed by atoms with Crippen molar-refractivity contribution in [1.82, 2.24) is 25.5 Å². The molecule has 0 radical (unpaired) electrons. The summed E-state index contributed by atoms with van der Waals surface area (Å²) in [5.41, 5.74) is 2.07. The zero-order chi connectivity index (χ0) is 33.0. The van der Waals surface area contributed by atoms with E-state index < -0.39 is 17.1 Å². The second kappa shape index (κ2) is 16.4. The maximum atomic E-state index is 13.8. The average molecular weight is 652 g/mol. The van der Waals surface area contributed by atoms with Gasteiger partial charge in [-0.05, 0) is 47.9 Å². The highest BCUT2D eigenvalue weighted by molar-refractivity contribution is 8.01. The molecule has 242 valence electrons. The van der Waals surface area contributed by atoms with Crippen molar-refractivity contribution in [1.29, 1.82) is 0 Å². The normalized spacial score (nSPS) is 11.0. The number of amides is 3. The fraction of sp³-hybridized carbons (Fsp3) is 0.250. The summed E-state index contributed by atoms with van der Waals surface area (Å²) in [6.07, 6.45) is 4.09. The number of thioether (sulfide) groups is 1. The number of fused-ring (bicyclic) bond motifs is 1. The summed E-state index contributed by atoms with van der Waals surface area (Å²) in [7, 11) is 0. The number of furan rings is 1. The van der Waals surface area contributed by atoms with Crippen LogP contribution >= 0.6 is 11.8 Å². The molecule has 11 heteroatoms. The Hall–Kier alpha value is -5.16. The van der Waals surface area contributed by atoms with Gasteiger partial charge in [0.05, 0.1) is 23.7 Å². The summed E-state index contributed by atoms with van der Waals surface area (Å²) >= 11 is 0.926. The molecule has 0 bridgehead atoms. The molecule has 0 unspecified atom stereocenters. The molecule has 0 saturated carbocycles. The van der Waals surface area contributed by atoms with Crippen molar-refractivity contribution in [3.63, 3.8) is 0 Å². The minimum atomic E-state index is -1.25. The second-order valence-electron chi connectivity index (χ2n) is 11.0. The number of aromatic nitrogens is 2. The fourth-order valence-electron chi connectivity index (χ4n) is 4.92. The number of nitrogens with one attached hydrogen (secondary N) is 3. The molecule has 0 aliphatic rings. The Labute approximate surface area is 277 Å². The summed E-state index contributed by atoms with van der Waals surface area (Å²) in [5, 5.41) is 7.87. The first kappa shape index (κ1) is 33.2. The molecule has 3 amide bonds. The first-order valence-corrected chi connectivity index (χ1v) is 16.5. The van der Waals surface area contributed by atoms with Crippen LogP contribution in [0.2, 0.25) is 0 Å². The predicted octanol–water partition coefficient (Wildman–Crippen LogP) is 5.20. The Balaban J connectivity index is 1.46. The molecule has 3 aromatic carbocycles. The van der Waals surface area contributed by atoms with E-state index in [0.29, 0.717) is 28.8 Å². The Morgan fingerprint density at radius 1 is 0.809 bits per heavy atom. The lowest BCUT2D eigenvalue weighted by Gasteiger charge is -2.19. The molecule has 0 aliphatic carbocycles. The van der Waals surface area contributed by atoms with E-state index in [1.54, 1.807) is 30.3 Å². The summed E-state index contributed by atoms with van der Waals surface area (Å²) in [4.78, 5) is 58.9. The quantitative estimate of drug-likeness (QED) is 0.0613. The Bertz CT molecular complexity index is 1800. The van der Waals surface area contributed by atoms with Gasteiger partial charge in [0, 0.05) is 25.2 Å². The fourth-order valence-corrected chi connectivity index (χ4v) is 5.96. The van der Waals surface area contributed by atoms with Gasteiger partial charge in [0.1, 0.15) is 5.76 Å². The zero-order valence-corrected chi connectivity index (χ0v) is 26.9. The standard InChI is InChI=1S/C36H37N5O5S/c1-2-3-10-19-41-35(45)29-18-17-27(32(42)39-24-28-16-11-20-46-28)21-30(29)40-36(41)47-31(33(43)37-22-25-12-6-4-7-13-25)34(44)38-23-26-14-8-5-9-15-26/h4-9,11-18,20-21,31H,2-3,10,19,22-24H2,1H3,(H,37,43)(H,38,44)(H,39,42). The molecule has 0 atom stereocenters. The number of hydrogen-bond donors (Lipinski definition) is 3. The third kappa shape index (κ3) is 8.98. The van der Waals surface area contributed by atoms with E-state index in [2.05, 4.69) is 22.9 Å². The van der Waals surface area contributed by atoms with Crippen LogP contribution in [-0.2, 0) is 35.8 Å². The second-order valence-corrected chi connectivity index (χ2v) is 12.0. The summed E-state index contributed by atoms with van der Waals surface area (Å²) in [6, 6.07) is 27.0. The van der Waals surface area contributed by atoms with Gasteiger partial charge in [0.25, 0.3) is 11.5 Å². The number of hydrogen-bond acceptors (Lipinski definition) is 7. The molecule has 2 aromatic heterocycles. The summed E-state index contributed by atoms with van der Waals surface area (Å²) in [5.74, 6) is -0.771. The van der Waals surface area contributed by atoms with Crippen molar-refractivity contribution in [3.8, 4) is 0 Å². The van der Waals surface area contributed by atoms with Gasteiger partial charge in [-0.3, -0.25) is 23.7 Å². The topological polar surface area (TPSA) is 135 Å². The van der Waals surface area contributed by atoms with Gasteiger partial charge in [-0.15, -0.1) is 0 Å². The van der Waals surface area contributed by atoms with E-state index in [1.165, 1.54) is 10.8 Å². The predicted molar refractivity (Wildman–Crippen MR) is 182 cm³/mol. The van der Waals surface area contributed by atoms with E-state index in [1.807, 2.05) is 60.7 Å². The van der Waals surface area contributed by atoms with E-state index in [9.17, 15) is 19.2 Å². The molecule has 0 spiro atoms. The third-order valence-electron chi connectivity index (χ3n) is 7.49. The molecular weight excluding hydrogens is 614 g/mol. The van der Waals surface area contributed by atoms with Gasteiger partial charge in [-0.2, -0.15) is 0 Å². The van der Waals surface area contributed by atoms with Crippen molar-refractivity contribution >= 4 is 40.4 Å². The molecule has 5 aromatic rings. The van der Waals surface area contributed by atoms with Crippen LogP contribution in [0, 0.1) is 0 Å². The van der Waals surface area contributed by atoms with Gasteiger partial charge < -0.3 is 20.4 Å². The van der Waals surface area contributed by atoms with Crippen molar-refractivity contribution in [2.45, 2.75) is 62.8 Å². The first-order valence-electron chi connectivity index (χ1n) is 15.6. The van der Waals surface area contributed by atoms with E-state index in [0.717, 1.165) is 42.2 Å². The van der Waals surface area contributed by atoms with Crippen LogP contribution in [-0.4, -0.2) is 32.5 Å². The number of benzene rings is 3. The number of carbonyl (C=O) groups excluding carboxylic acids is 3. The lowest BCUT2D eigenvalue weighted by Crippen LogP contribution is -2.43. The van der Waals surface area contributed by atoms with E-state index in [-0.39, 0.29) is 36.3 Å². The van der Waals surface area contributed by atoms with Crippen LogP contribution in [0.15, 0.2) is 112 Å². The van der Waals surface area contributed by atoms with Crippen LogP contribution in [0.4, 0.5) is 0 Å². The molecule has 0 saturated heterocycles. The molecular formula is C36H37N5O5S. The molecule has 3 N–H and O–H groups in total. The van der Waals surface area contributed by atoms with Gasteiger partial charge in [0.2, 0.25) is 11.8 Å². The summed E-state index contributed by atoms with van der Waals surface area (Å²) in [6.45, 7) is 3.10. The molecule has 47 heavy (non-hydrogen) atoms. The zero-order valence-electron chi connectivity index (χ0n) is 26.1. The van der Waals surface area contributed by atoms with Gasteiger partial charge in [-0.25, -0.2) is 4.98 Å². The number of unbranched alkanes of at least 4 members (excludes halogenated alkanes) is 2. The van der Waals surface area contributed by atoms with E-state index in [4.69, 9.17) is 9.40 Å². The minimum absolute atomic E-state index is 0.204. The van der Waals surface area contributed by atoms with Crippen LogP contribution < -0.4 is 21.5 Å². The molecule has 5 rings (SSSR count). The maximum Gasteiger partial charge on any atom is 0.262 e. The van der Waals surface area contributed by atoms with Crippen molar-refractivity contribution in [2.24, 2.45) is 0 Å². The molecule has 10 nitrogen and oxygen atoms in total. The van der Waals surface area contributed by atoms with Crippen LogP contribution in [0.25, 0.3) is 10.9 Å². The monoisotopic (exact) mass is 651 g/mol. The first-order chi connectivity index (χ1) is 22.9. The number of carbonyl (C=O) groups is 3. The Morgan fingerprint density at radius 2 is 1.47 bits per heavy atom.